The molecule has 0 spiro atoms. The van der Waals surface area contributed by atoms with E-state index < -0.39 is 0 Å². The van der Waals surface area contributed by atoms with Crippen molar-refractivity contribution in [3.05, 3.63) is 29.6 Å². The standard InChI is InChI=1S/C12H16FNO2/c13-11-3-10(4-12(14)5-11)8-16-7-9-1-2-15-6-9/h3-5,9H,1-2,6-8,14H2. The Hall–Kier alpha value is -1.13. The van der Waals surface area contributed by atoms with Crippen molar-refractivity contribution in [3.8, 4) is 0 Å². The van der Waals surface area contributed by atoms with Gasteiger partial charge in [-0.15, -0.1) is 0 Å². The minimum absolute atomic E-state index is 0.317. The number of benzene rings is 1. The first-order chi connectivity index (χ1) is 7.74. The number of hydrogen-bond acceptors (Lipinski definition) is 3. The average molecular weight is 225 g/mol. The molecule has 16 heavy (non-hydrogen) atoms. The van der Waals surface area contributed by atoms with E-state index in [1.54, 1.807) is 6.07 Å². The van der Waals surface area contributed by atoms with E-state index in [1.807, 2.05) is 0 Å². The van der Waals surface area contributed by atoms with Gasteiger partial charge in [0.2, 0.25) is 0 Å². The highest BCUT2D eigenvalue weighted by Gasteiger charge is 2.15. The van der Waals surface area contributed by atoms with Gasteiger partial charge in [-0.05, 0) is 30.2 Å². The summed E-state index contributed by atoms with van der Waals surface area (Å²) in [5.41, 5.74) is 6.75. The van der Waals surface area contributed by atoms with Crippen molar-refractivity contribution >= 4 is 5.69 Å². The van der Waals surface area contributed by atoms with Crippen LogP contribution < -0.4 is 5.73 Å². The second-order valence-electron chi connectivity index (χ2n) is 4.14. The van der Waals surface area contributed by atoms with Gasteiger partial charge in [0, 0.05) is 18.2 Å². The number of halogens is 1. The topological polar surface area (TPSA) is 44.5 Å². The largest absolute Gasteiger partial charge is 0.399 e. The van der Waals surface area contributed by atoms with Crippen molar-refractivity contribution < 1.29 is 13.9 Å². The summed E-state index contributed by atoms with van der Waals surface area (Å²) >= 11 is 0. The molecule has 0 saturated carbocycles. The van der Waals surface area contributed by atoms with Gasteiger partial charge in [0.05, 0.1) is 19.8 Å². The third-order valence-corrected chi connectivity index (χ3v) is 2.63. The molecular weight excluding hydrogens is 209 g/mol. The molecular formula is C12H16FNO2. The van der Waals surface area contributed by atoms with Gasteiger partial charge in [-0.2, -0.15) is 0 Å². The van der Waals surface area contributed by atoms with Crippen LogP contribution in [0, 0.1) is 11.7 Å². The first-order valence-corrected chi connectivity index (χ1v) is 5.44. The summed E-state index contributed by atoms with van der Waals surface area (Å²) in [6.45, 7) is 2.65. The van der Waals surface area contributed by atoms with E-state index in [0.717, 1.165) is 25.2 Å². The summed E-state index contributed by atoms with van der Waals surface area (Å²) < 4.78 is 23.8. The van der Waals surface area contributed by atoms with Crippen LogP contribution in [0.5, 0.6) is 0 Å². The Kier molecular flexibility index (Phi) is 3.74. The SMILES string of the molecule is Nc1cc(F)cc(COCC2CCOC2)c1. The monoisotopic (exact) mass is 225 g/mol. The van der Waals surface area contributed by atoms with Gasteiger partial charge in [0.1, 0.15) is 5.82 Å². The fourth-order valence-electron chi connectivity index (χ4n) is 1.82. The molecule has 1 unspecified atom stereocenters. The Bertz CT molecular complexity index is 331. The van der Waals surface area contributed by atoms with Crippen LogP contribution >= 0.6 is 0 Å². The number of anilines is 1. The van der Waals surface area contributed by atoms with E-state index in [2.05, 4.69) is 0 Å². The maximum absolute atomic E-state index is 13.0. The van der Waals surface area contributed by atoms with Crippen molar-refractivity contribution in [3.63, 3.8) is 0 Å². The van der Waals surface area contributed by atoms with E-state index in [9.17, 15) is 4.39 Å². The lowest BCUT2D eigenvalue weighted by molar-refractivity contribution is 0.0790. The molecule has 1 saturated heterocycles. The van der Waals surface area contributed by atoms with Crippen LogP contribution in [0.4, 0.5) is 10.1 Å². The third-order valence-electron chi connectivity index (χ3n) is 2.63. The number of rotatable bonds is 4. The minimum Gasteiger partial charge on any atom is -0.399 e. The molecule has 2 rings (SSSR count). The van der Waals surface area contributed by atoms with Gasteiger partial charge >= 0.3 is 0 Å². The van der Waals surface area contributed by atoms with Gasteiger partial charge in [0.25, 0.3) is 0 Å². The molecule has 1 aliphatic heterocycles. The quantitative estimate of drug-likeness (QED) is 0.797. The Labute approximate surface area is 94.3 Å². The molecule has 1 aromatic rings. The maximum atomic E-state index is 13.0. The zero-order valence-corrected chi connectivity index (χ0v) is 9.12. The van der Waals surface area contributed by atoms with E-state index in [-0.39, 0.29) is 5.82 Å². The maximum Gasteiger partial charge on any atom is 0.125 e. The zero-order chi connectivity index (χ0) is 11.4. The summed E-state index contributed by atoms with van der Waals surface area (Å²) in [5.74, 6) is 0.161. The highest BCUT2D eigenvalue weighted by Crippen LogP contribution is 2.15. The summed E-state index contributed by atoms with van der Waals surface area (Å²) in [4.78, 5) is 0. The molecule has 0 aliphatic carbocycles. The molecule has 1 fully saturated rings. The van der Waals surface area contributed by atoms with Gasteiger partial charge in [-0.25, -0.2) is 4.39 Å². The summed E-state index contributed by atoms with van der Waals surface area (Å²) in [7, 11) is 0. The van der Waals surface area contributed by atoms with Crippen LogP contribution in [0.25, 0.3) is 0 Å². The smallest absolute Gasteiger partial charge is 0.125 e. The Morgan fingerprint density at radius 1 is 1.44 bits per heavy atom. The van der Waals surface area contributed by atoms with Crippen molar-refractivity contribution in [2.24, 2.45) is 5.92 Å². The van der Waals surface area contributed by atoms with Crippen molar-refractivity contribution in [1.82, 2.24) is 0 Å². The van der Waals surface area contributed by atoms with Crippen LogP contribution in [-0.4, -0.2) is 19.8 Å². The summed E-state index contributed by atoms with van der Waals surface area (Å²) in [6.07, 6.45) is 1.05. The molecule has 1 atom stereocenters. The number of hydrogen-bond donors (Lipinski definition) is 1. The Morgan fingerprint density at radius 2 is 2.31 bits per heavy atom. The van der Waals surface area contributed by atoms with Crippen LogP contribution in [0.3, 0.4) is 0 Å². The molecule has 1 aromatic carbocycles. The predicted molar refractivity (Wildman–Crippen MR) is 59.4 cm³/mol. The molecule has 88 valence electrons. The first-order valence-electron chi connectivity index (χ1n) is 5.44. The molecule has 1 aliphatic rings. The van der Waals surface area contributed by atoms with Crippen molar-refractivity contribution in [2.75, 3.05) is 25.6 Å². The van der Waals surface area contributed by atoms with E-state index in [1.165, 1.54) is 12.1 Å². The Balaban J connectivity index is 1.80. The van der Waals surface area contributed by atoms with Crippen LogP contribution in [0.2, 0.25) is 0 Å². The second-order valence-corrected chi connectivity index (χ2v) is 4.14. The van der Waals surface area contributed by atoms with E-state index >= 15 is 0 Å². The van der Waals surface area contributed by atoms with Gasteiger partial charge < -0.3 is 15.2 Å². The fourth-order valence-corrected chi connectivity index (χ4v) is 1.82. The average Bonchev–Trinajstić information content (AvgIpc) is 2.69. The van der Waals surface area contributed by atoms with Gasteiger partial charge in [-0.1, -0.05) is 0 Å². The van der Waals surface area contributed by atoms with Gasteiger partial charge in [0.15, 0.2) is 0 Å². The summed E-state index contributed by atoms with van der Waals surface area (Å²) in [6, 6.07) is 4.48. The van der Waals surface area contributed by atoms with Crippen LogP contribution in [-0.2, 0) is 16.1 Å². The molecule has 1 heterocycles. The first kappa shape index (κ1) is 11.4. The lowest BCUT2D eigenvalue weighted by Crippen LogP contribution is -2.09. The Morgan fingerprint density at radius 3 is 3.00 bits per heavy atom. The zero-order valence-electron chi connectivity index (χ0n) is 9.12. The molecule has 2 N–H and O–H groups in total. The van der Waals surface area contributed by atoms with Crippen LogP contribution in [0.15, 0.2) is 18.2 Å². The predicted octanol–water partition coefficient (Wildman–Crippen LogP) is 1.96. The van der Waals surface area contributed by atoms with Crippen molar-refractivity contribution in [2.45, 2.75) is 13.0 Å². The van der Waals surface area contributed by atoms with E-state index in [0.29, 0.717) is 24.8 Å². The van der Waals surface area contributed by atoms with Crippen molar-refractivity contribution in [1.29, 1.82) is 0 Å². The van der Waals surface area contributed by atoms with E-state index in [4.69, 9.17) is 15.2 Å². The lowest BCUT2D eigenvalue weighted by Gasteiger charge is -2.09. The molecule has 0 aromatic heterocycles. The summed E-state index contributed by atoms with van der Waals surface area (Å²) in [5, 5.41) is 0. The highest BCUT2D eigenvalue weighted by molar-refractivity contribution is 5.41. The number of ether oxygens (including phenoxy) is 2. The normalized spacial score (nSPS) is 20.2. The molecule has 4 heteroatoms. The fraction of sp³-hybridized carbons (Fsp3) is 0.500. The number of nitrogen functional groups attached to an aromatic ring is 1. The molecule has 0 radical (unpaired) electrons. The minimum atomic E-state index is -0.317. The molecule has 0 amide bonds. The lowest BCUT2D eigenvalue weighted by atomic mass is 10.1. The molecule has 0 bridgehead atoms. The van der Waals surface area contributed by atoms with Crippen LogP contribution in [0.1, 0.15) is 12.0 Å². The highest BCUT2D eigenvalue weighted by atomic mass is 19.1. The molecule has 3 nitrogen and oxygen atoms in total. The third kappa shape index (κ3) is 3.18. The van der Waals surface area contributed by atoms with Gasteiger partial charge in [-0.3, -0.25) is 0 Å². The second kappa shape index (κ2) is 5.27. The number of nitrogens with two attached hydrogens (primary N) is 1.